The zero-order chi connectivity index (χ0) is 21.5. The number of carbonyl (C=O) groups excluding carboxylic acids is 1. The van der Waals surface area contributed by atoms with Crippen molar-refractivity contribution in [2.75, 3.05) is 26.1 Å². The molecule has 1 N–H and O–H groups in total. The molecule has 0 atom stereocenters. The Hall–Kier alpha value is -2.70. The van der Waals surface area contributed by atoms with E-state index in [-0.39, 0.29) is 17.4 Å². The van der Waals surface area contributed by atoms with Gasteiger partial charge in [-0.15, -0.1) is 0 Å². The van der Waals surface area contributed by atoms with Gasteiger partial charge >= 0.3 is 0 Å². The molecule has 1 aromatic heterocycles. The summed E-state index contributed by atoms with van der Waals surface area (Å²) in [6, 6.07) is 5.86. The molecule has 7 heteroatoms. The quantitative estimate of drug-likeness (QED) is 0.806. The number of fused-ring (bicyclic) bond motifs is 1. The van der Waals surface area contributed by atoms with Crippen molar-refractivity contribution in [3.05, 3.63) is 24.0 Å². The number of benzene rings is 1. The molecule has 1 aliphatic carbocycles. The molecule has 1 amide bonds. The number of rotatable bonds is 5. The van der Waals surface area contributed by atoms with Crippen molar-refractivity contribution in [3.8, 4) is 22.8 Å². The number of amides is 1. The molecule has 0 bridgehead atoms. The molecule has 4 rings (SSSR count). The third-order valence-electron chi connectivity index (χ3n) is 5.89. The smallest absolute Gasteiger partial charge is 0.226 e. The van der Waals surface area contributed by atoms with Crippen LogP contribution in [0.1, 0.15) is 45.9 Å². The molecule has 2 heterocycles. The number of carbonyl (C=O) groups is 1. The molecule has 1 saturated carbocycles. The second-order valence-electron chi connectivity index (χ2n) is 9.21. The van der Waals surface area contributed by atoms with Crippen LogP contribution >= 0.6 is 0 Å². The minimum atomic E-state index is -0.124. The lowest BCUT2D eigenvalue weighted by Gasteiger charge is -2.35. The van der Waals surface area contributed by atoms with Crippen molar-refractivity contribution in [2.45, 2.75) is 58.7 Å². The van der Waals surface area contributed by atoms with Crippen LogP contribution in [0.4, 0.5) is 5.82 Å². The third-order valence-corrected chi connectivity index (χ3v) is 5.89. The number of anilines is 1. The van der Waals surface area contributed by atoms with E-state index in [2.05, 4.69) is 30.7 Å². The Kier molecular flexibility index (Phi) is 5.38. The van der Waals surface area contributed by atoms with Gasteiger partial charge in [0.25, 0.3) is 0 Å². The number of ether oxygens (including phenoxy) is 2. The standard InChI is InChI=1S/C23H32N4O3/c1-23(2,3)25-21-20(16-9-10-17(29-4)18(13-16)30-5)24-19-14-26(11-12-27(19)21)22(28)15-7-6-8-15/h9-10,13,15,25H,6-8,11-12,14H2,1-5H3. The summed E-state index contributed by atoms with van der Waals surface area (Å²) in [5.74, 6) is 3.76. The molecular formula is C23H32N4O3. The van der Waals surface area contributed by atoms with Crippen LogP contribution < -0.4 is 14.8 Å². The molecule has 1 fully saturated rings. The van der Waals surface area contributed by atoms with Gasteiger partial charge in [0.05, 0.1) is 20.8 Å². The van der Waals surface area contributed by atoms with Crippen molar-refractivity contribution in [1.29, 1.82) is 0 Å². The third kappa shape index (κ3) is 3.85. The Bertz CT molecular complexity index is 941. The maximum absolute atomic E-state index is 12.8. The lowest BCUT2D eigenvalue weighted by molar-refractivity contribution is -0.139. The highest BCUT2D eigenvalue weighted by atomic mass is 16.5. The van der Waals surface area contributed by atoms with Crippen LogP contribution in [0.2, 0.25) is 0 Å². The summed E-state index contributed by atoms with van der Waals surface area (Å²) in [5, 5.41) is 3.64. The Morgan fingerprint density at radius 1 is 1.13 bits per heavy atom. The summed E-state index contributed by atoms with van der Waals surface area (Å²) in [6.07, 6.45) is 3.22. The summed E-state index contributed by atoms with van der Waals surface area (Å²) in [4.78, 5) is 19.7. The predicted octanol–water partition coefficient (Wildman–Crippen LogP) is 3.92. The van der Waals surface area contributed by atoms with Gasteiger partial charge in [0.2, 0.25) is 5.91 Å². The lowest BCUT2D eigenvalue weighted by atomic mass is 9.84. The van der Waals surface area contributed by atoms with Gasteiger partial charge in [-0.05, 0) is 51.8 Å². The molecular weight excluding hydrogens is 380 g/mol. The van der Waals surface area contributed by atoms with Gasteiger partial charge < -0.3 is 24.3 Å². The highest BCUT2D eigenvalue weighted by molar-refractivity contribution is 5.80. The number of hydrogen-bond acceptors (Lipinski definition) is 5. The summed E-state index contributed by atoms with van der Waals surface area (Å²) < 4.78 is 13.1. The molecule has 162 valence electrons. The van der Waals surface area contributed by atoms with Crippen molar-refractivity contribution in [2.24, 2.45) is 5.92 Å². The molecule has 0 saturated heterocycles. The summed E-state index contributed by atoms with van der Waals surface area (Å²) >= 11 is 0. The van der Waals surface area contributed by atoms with E-state index in [4.69, 9.17) is 14.5 Å². The molecule has 0 radical (unpaired) electrons. The Labute approximate surface area is 178 Å². The molecule has 7 nitrogen and oxygen atoms in total. The van der Waals surface area contributed by atoms with Crippen LogP contribution in [-0.4, -0.2) is 46.7 Å². The summed E-state index contributed by atoms with van der Waals surface area (Å²) in [7, 11) is 3.27. The van der Waals surface area contributed by atoms with E-state index in [1.807, 2.05) is 23.1 Å². The van der Waals surface area contributed by atoms with Crippen LogP contribution in [-0.2, 0) is 17.9 Å². The number of nitrogens with zero attached hydrogens (tertiary/aromatic N) is 3. The average Bonchev–Trinajstić information content (AvgIpc) is 3.02. The summed E-state index contributed by atoms with van der Waals surface area (Å²) in [5.41, 5.74) is 1.71. The Morgan fingerprint density at radius 3 is 2.47 bits per heavy atom. The van der Waals surface area contributed by atoms with Crippen LogP contribution in [0, 0.1) is 5.92 Å². The van der Waals surface area contributed by atoms with E-state index in [9.17, 15) is 4.79 Å². The maximum atomic E-state index is 12.8. The number of imidazole rings is 1. The second kappa shape index (κ2) is 7.85. The van der Waals surface area contributed by atoms with E-state index >= 15 is 0 Å². The van der Waals surface area contributed by atoms with Gasteiger partial charge in [-0.25, -0.2) is 4.98 Å². The minimum Gasteiger partial charge on any atom is -0.493 e. The molecule has 30 heavy (non-hydrogen) atoms. The zero-order valence-electron chi connectivity index (χ0n) is 18.6. The largest absolute Gasteiger partial charge is 0.493 e. The van der Waals surface area contributed by atoms with Crippen LogP contribution in [0.5, 0.6) is 11.5 Å². The van der Waals surface area contributed by atoms with E-state index in [1.165, 1.54) is 6.42 Å². The highest BCUT2D eigenvalue weighted by Gasteiger charge is 2.33. The van der Waals surface area contributed by atoms with E-state index in [1.54, 1.807) is 14.2 Å². The average molecular weight is 413 g/mol. The predicted molar refractivity (Wildman–Crippen MR) is 117 cm³/mol. The van der Waals surface area contributed by atoms with Crippen LogP contribution in [0.15, 0.2) is 18.2 Å². The van der Waals surface area contributed by atoms with Crippen LogP contribution in [0.25, 0.3) is 11.3 Å². The van der Waals surface area contributed by atoms with Gasteiger partial charge in [0.1, 0.15) is 17.3 Å². The van der Waals surface area contributed by atoms with E-state index in [0.717, 1.165) is 48.8 Å². The zero-order valence-corrected chi connectivity index (χ0v) is 18.6. The highest BCUT2D eigenvalue weighted by Crippen LogP contribution is 2.38. The number of methoxy groups -OCH3 is 2. The monoisotopic (exact) mass is 412 g/mol. The number of aromatic nitrogens is 2. The van der Waals surface area contributed by atoms with Gasteiger partial charge in [0, 0.05) is 30.1 Å². The first-order valence-electron chi connectivity index (χ1n) is 10.7. The van der Waals surface area contributed by atoms with Crippen LogP contribution in [0.3, 0.4) is 0 Å². The molecule has 2 aliphatic rings. The number of hydrogen-bond donors (Lipinski definition) is 1. The molecule has 0 spiro atoms. The minimum absolute atomic E-state index is 0.124. The molecule has 1 aromatic carbocycles. The summed E-state index contributed by atoms with van der Waals surface area (Å²) in [6.45, 7) is 8.44. The maximum Gasteiger partial charge on any atom is 0.226 e. The Morgan fingerprint density at radius 2 is 1.87 bits per heavy atom. The van der Waals surface area contributed by atoms with Crippen molar-refractivity contribution in [3.63, 3.8) is 0 Å². The number of nitrogens with one attached hydrogen (secondary N) is 1. The molecule has 2 aromatic rings. The van der Waals surface area contributed by atoms with Gasteiger partial charge in [-0.1, -0.05) is 6.42 Å². The van der Waals surface area contributed by atoms with Gasteiger partial charge in [-0.2, -0.15) is 0 Å². The fourth-order valence-electron chi connectivity index (χ4n) is 4.10. The van der Waals surface area contributed by atoms with E-state index in [0.29, 0.717) is 18.0 Å². The van der Waals surface area contributed by atoms with Crippen molar-refractivity contribution < 1.29 is 14.3 Å². The normalized spacial score (nSPS) is 16.6. The van der Waals surface area contributed by atoms with Crippen molar-refractivity contribution in [1.82, 2.24) is 14.5 Å². The fourth-order valence-corrected chi connectivity index (χ4v) is 4.10. The van der Waals surface area contributed by atoms with Gasteiger partial charge in [0.15, 0.2) is 11.5 Å². The SMILES string of the molecule is COc1ccc(-c2nc3n(c2NC(C)(C)C)CCN(C(=O)C2CCC2)C3)cc1OC. The second-order valence-corrected chi connectivity index (χ2v) is 9.21. The topological polar surface area (TPSA) is 68.6 Å². The molecule has 1 aliphatic heterocycles. The first kappa shape index (κ1) is 20.6. The lowest BCUT2D eigenvalue weighted by Crippen LogP contribution is -2.43. The fraction of sp³-hybridized carbons (Fsp3) is 0.565. The molecule has 0 unspecified atom stereocenters. The van der Waals surface area contributed by atoms with Crippen molar-refractivity contribution >= 4 is 11.7 Å². The van der Waals surface area contributed by atoms with Gasteiger partial charge in [-0.3, -0.25) is 4.79 Å². The first-order chi connectivity index (χ1) is 14.3. The first-order valence-corrected chi connectivity index (χ1v) is 10.7. The van der Waals surface area contributed by atoms with E-state index < -0.39 is 0 Å². The Balaban J connectivity index is 1.72.